The van der Waals surface area contributed by atoms with Crippen LogP contribution in [0, 0.1) is 0 Å². The third-order valence-electron chi connectivity index (χ3n) is 4.07. The minimum absolute atomic E-state index is 0.347. The molecule has 0 unspecified atom stereocenters. The van der Waals surface area contributed by atoms with Crippen molar-refractivity contribution < 1.29 is 9.90 Å². The summed E-state index contributed by atoms with van der Waals surface area (Å²) in [6.07, 6.45) is 0. The highest BCUT2D eigenvalue weighted by Crippen LogP contribution is 2.08. The van der Waals surface area contributed by atoms with Gasteiger partial charge in [0.25, 0.3) is 0 Å². The molecule has 7 heteroatoms. The highest BCUT2D eigenvalue weighted by molar-refractivity contribution is 5.87. The molecule has 0 spiro atoms. The van der Waals surface area contributed by atoms with Gasteiger partial charge in [-0.15, -0.1) is 0 Å². The van der Waals surface area contributed by atoms with Crippen molar-refractivity contribution in [2.75, 3.05) is 66.0 Å². The maximum atomic E-state index is 11.1. The molecule has 1 aromatic rings. The standard InChI is InChI=1S/C19H35N5O2/c1-3-21-11-13-24(14-12-23-10-9-22-8-7-20-2)16-17-5-4-6-18(15-17)19(25)26/h4-6,15,20-23H,3,7-14,16H2,1-2H3,(H,25,26). The summed E-state index contributed by atoms with van der Waals surface area (Å²) in [5.74, 6) is -0.876. The highest BCUT2D eigenvalue weighted by Gasteiger charge is 2.08. The van der Waals surface area contributed by atoms with Crippen molar-refractivity contribution in [1.82, 2.24) is 26.2 Å². The molecular weight excluding hydrogens is 330 g/mol. The lowest BCUT2D eigenvalue weighted by Crippen LogP contribution is -2.38. The summed E-state index contributed by atoms with van der Waals surface area (Å²) in [5.41, 5.74) is 1.38. The summed E-state index contributed by atoms with van der Waals surface area (Å²) in [7, 11) is 1.95. The van der Waals surface area contributed by atoms with Gasteiger partial charge in [-0.3, -0.25) is 4.90 Å². The number of rotatable bonds is 16. The van der Waals surface area contributed by atoms with Gasteiger partial charge in [0.1, 0.15) is 0 Å². The highest BCUT2D eigenvalue weighted by atomic mass is 16.4. The quantitative estimate of drug-likeness (QED) is 0.267. The molecule has 0 heterocycles. The number of hydrogen-bond donors (Lipinski definition) is 5. The maximum absolute atomic E-state index is 11.1. The minimum Gasteiger partial charge on any atom is -0.478 e. The zero-order valence-corrected chi connectivity index (χ0v) is 16.2. The first-order valence-electron chi connectivity index (χ1n) is 9.48. The van der Waals surface area contributed by atoms with Gasteiger partial charge in [-0.2, -0.15) is 0 Å². The molecule has 0 aliphatic heterocycles. The van der Waals surface area contributed by atoms with E-state index in [0.717, 1.165) is 71.0 Å². The smallest absolute Gasteiger partial charge is 0.335 e. The second-order valence-electron chi connectivity index (χ2n) is 6.24. The minimum atomic E-state index is -0.876. The molecule has 5 N–H and O–H groups in total. The van der Waals surface area contributed by atoms with Crippen molar-refractivity contribution in [2.24, 2.45) is 0 Å². The van der Waals surface area contributed by atoms with E-state index in [4.69, 9.17) is 5.11 Å². The van der Waals surface area contributed by atoms with E-state index in [2.05, 4.69) is 33.1 Å². The molecule has 0 aromatic heterocycles. The summed E-state index contributed by atoms with van der Waals surface area (Å²) >= 11 is 0. The lowest BCUT2D eigenvalue weighted by atomic mass is 10.1. The molecule has 26 heavy (non-hydrogen) atoms. The van der Waals surface area contributed by atoms with Crippen molar-refractivity contribution in [1.29, 1.82) is 0 Å². The lowest BCUT2D eigenvalue weighted by Gasteiger charge is -2.23. The van der Waals surface area contributed by atoms with E-state index in [9.17, 15) is 4.79 Å². The zero-order valence-electron chi connectivity index (χ0n) is 16.2. The van der Waals surface area contributed by atoms with E-state index < -0.39 is 5.97 Å². The Bertz CT molecular complexity index is 499. The summed E-state index contributed by atoms with van der Waals surface area (Å²) < 4.78 is 0. The van der Waals surface area contributed by atoms with Gasteiger partial charge in [0.2, 0.25) is 0 Å². The lowest BCUT2D eigenvalue weighted by molar-refractivity contribution is 0.0696. The van der Waals surface area contributed by atoms with E-state index in [1.807, 2.05) is 19.2 Å². The van der Waals surface area contributed by atoms with Crippen molar-refractivity contribution >= 4 is 5.97 Å². The zero-order chi connectivity index (χ0) is 19.0. The van der Waals surface area contributed by atoms with Crippen LogP contribution >= 0.6 is 0 Å². The molecule has 0 bridgehead atoms. The molecule has 0 radical (unpaired) electrons. The average Bonchev–Trinajstić information content (AvgIpc) is 2.64. The normalized spacial score (nSPS) is 11.2. The number of likely N-dealkylation sites (N-methyl/N-ethyl adjacent to an activating group) is 2. The van der Waals surface area contributed by atoms with Gasteiger partial charge < -0.3 is 26.4 Å². The molecule has 0 aliphatic carbocycles. The SMILES string of the molecule is CCNCCN(CCNCCNCCNC)Cc1cccc(C(=O)O)c1. The maximum Gasteiger partial charge on any atom is 0.335 e. The number of nitrogens with one attached hydrogen (secondary N) is 4. The average molecular weight is 366 g/mol. The van der Waals surface area contributed by atoms with Gasteiger partial charge in [-0.1, -0.05) is 19.1 Å². The summed E-state index contributed by atoms with van der Waals surface area (Å²) in [6.45, 7) is 11.4. The Balaban J connectivity index is 2.38. The molecule has 0 saturated heterocycles. The van der Waals surface area contributed by atoms with Crippen LogP contribution < -0.4 is 21.3 Å². The van der Waals surface area contributed by atoms with Crippen molar-refractivity contribution in [3.05, 3.63) is 35.4 Å². The molecule has 0 amide bonds. The largest absolute Gasteiger partial charge is 0.478 e. The van der Waals surface area contributed by atoms with Gasteiger partial charge in [-0.25, -0.2) is 4.79 Å². The third-order valence-corrected chi connectivity index (χ3v) is 4.07. The Morgan fingerprint density at radius 1 is 1.00 bits per heavy atom. The number of nitrogens with zero attached hydrogens (tertiary/aromatic N) is 1. The summed E-state index contributed by atoms with van der Waals surface area (Å²) in [4.78, 5) is 13.5. The van der Waals surface area contributed by atoms with E-state index in [0.29, 0.717) is 5.56 Å². The number of carboxylic acids is 1. The van der Waals surface area contributed by atoms with Crippen molar-refractivity contribution in [2.45, 2.75) is 13.5 Å². The fourth-order valence-electron chi connectivity index (χ4n) is 2.62. The van der Waals surface area contributed by atoms with Crippen LogP contribution in [0.25, 0.3) is 0 Å². The molecular formula is C19H35N5O2. The number of hydrogen-bond acceptors (Lipinski definition) is 6. The van der Waals surface area contributed by atoms with Crippen molar-refractivity contribution in [3.63, 3.8) is 0 Å². The summed E-state index contributed by atoms with van der Waals surface area (Å²) in [6, 6.07) is 7.21. The molecule has 148 valence electrons. The molecule has 0 atom stereocenters. The predicted molar refractivity (Wildman–Crippen MR) is 107 cm³/mol. The first-order valence-corrected chi connectivity index (χ1v) is 9.48. The third kappa shape index (κ3) is 10.5. The molecule has 1 aromatic carbocycles. The van der Waals surface area contributed by atoms with Gasteiger partial charge in [0.05, 0.1) is 5.56 Å². The van der Waals surface area contributed by atoms with E-state index in [1.54, 1.807) is 12.1 Å². The monoisotopic (exact) mass is 365 g/mol. The van der Waals surface area contributed by atoms with Gasteiger partial charge in [0.15, 0.2) is 0 Å². The number of carboxylic acid groups (broad SMARTS) is 1. The Morgan fingerprint density at radius 3 is 2.31 bits per heavy atom. The number of carbonyl (C=O) groups is 1. The number of aromatic carboxylic acids is 1. The predicted octanol–water partition coefficient (Wildman–Crippen LogP) is 0.195. The van der Waals surface area contributed by atoms with Crippen LogP contribution in [0.3, 0.4) is 0 Å². The molecule has 0 saturated carbocycles. The van der Waals surface area contributed by atoms with E-state index >= 15 is 0 Å². The van der Waals surface area contributed by atoms with E-state index in [-0.39, 0.29) is 0 Å². The van der Waals surface area contributed by atoms with Crippen LogP contribution in [0.15, 0.2) is 24.3 Å². The van der Waals surface area contributed by atoms with Crippen LogP contribution in [0.1, 0.15) is 22.8 Å². The van der Waals surface area contributed by atoms with Crippen molar-refractivity contribution in [3.8, 4) is 0 Å². The topological polar surface area (TPSA) is 88.7 Å². The number of benzene rings is 1. The molecule has 1 rings (SSSR count). The Morgan fingerprint density at radius 2 is 1.65 bits per heavy atom. The van der Waals surface area contributed by atoms with Crippen LogP contribution in [-0.2, 0) is 6.54 Å². The Labute approximate surface area is 157 Å². The second kappa shape index (κ2) is 14.6. The fourth-order valence-corrected chi connectivity index (χ4v) is 2.62. The second-order valence-corrected chi connectivity index (χ2v) is 6.24. The molecule has 0 aliphatic rings. The van der Waals surface area contributed by atoms with Gasteiger partial charge in [0, 0.05) is 58.9 Å². The summed E-state index contributed by atoms with van der Waals surface area (Å²) in [5, 5.41) is 22.4. The van der Waals surface area contributed by atoms with Crippen LogP contribution in [-0.4, -0.2) is 81.9 Å². The van der Waals surface area contributed by atoms with Gasteiger partial charge >= 0.3 is 5.97 Å². The molecule has 0 fully saturated rings. The fraction of sp³-hybridized carbons (Fsp3) is 0.632. The Kier molecular flexibility index (Phi) is 12.7. The first-order chi connectivity index (χ1) is 12.7. The van der Waals surface area contributed by atoms with Crippen LogP contribution in [0.5, 0.6) is 0 Å². The van der Waals surface area contributed by atoms with Gasteiger partial charge in [-0.05, 0) is 31.3 Å². The molecule has 7 nitrogen and oxygen atoms in total. The van der Waals surface area contributed by atoms with Crippen LogP contribution in [0.2, 0.25) is 0 Å². The van der Waals surface area contributed by atoms with E-state index in [1.165, 1.54) is 0 Å². The Hall–Kier alpha value is -1.51. The van der Waals surface area contributed by atoms with Crippen LogP contribution in [0.4, 0.5) is 0 Å². The first kappa shape index (κ1) is 22.5.